The van der Waals surface area contributed by atoms with E-state index in [1.807, 2.05) is 36.6 Å². The second kappa shape index (κ2) is 5.43. The Hall–Kier alpha value is -1.39. The van der Waals surface area contributed by atoms with E-state index in [4.69, 9.17) is 11.6 Å². The minimum absolute atomic E-state index is 0.284. The van der Waals surface area contributed by atoms with Crippen molar-refractivity contribution in [2.45, 2.75) is 19.2 Å². The molecule has 0 aliphatic heterocycles. The summed E-state index contributed by atoms with van der Waals surface area (Å²) in [7, 11) is 0. The van der Waals surface area contributed by atoms with Gasteiger partial charge in [-0.3, -0.25) is 4.57 Å². The van der Waals surface area contributed by atoms with Crippen LogP contribution in [0, 0.1) is 12.7 Å². The van der Waals surface area contributed by atoms with Crippen LogP contribution in [0.4, 0.5) is 4.39 Å². The molecule has 2 nitrogen and oxygen atoms in total. The van der Waals surface area contributed by atoms with Gasteiger partial charge in [0.15, 0.2) is 0 Å². The molecule has 3 aromatic rings. The maximum absolute atomic E-state index is 13.4. The van der Waals surface area contributed by atoms with E-state index in [0.717, 1.165) is 21.2 Å². The van der Waals surface area contributed by atoms with Crippen molar-refractivity contribution in [1.29, 1.82) is 0 Å². The maximum Gasteiger partial charge on any atom is 0.132 e. The lowest BCUT2D eigenvalue weighted by Crippen LogP contribution is -2.03. The Morgan fingerprint density at radius 3 is 2.76 bits per heavy atom. The van der Waals surface area contributed by atoms with Gasteiger partial charge in [0.05, 0.1) is 22.1 Å². The lowest BCUT2D eigenvalue weighted by atomic mass is 10.2. The molecule has 0 fully saturated rings. The molecule has 108 valence electrons. The molecule has 0 bridgehead atoms. The summed E-state index contributed by atoms with van der Waals surface area (Å²) in [5, 5.41) is -0.284. The molecule has 0 N–H and O–H groups in total. The van der Waals surface area contributed by atoms with Crippen LogP contribution in [0.1, 0.15) is 23.7 Å². The van der Waals surface area contributed by atoms with E-state index in [2.05, 4.69) is 20.9 Å². The summed E-state index contributed by atoms with van der Waals surface area (Å²) in [5.74, 6) is 0.396. The third-order valence-corrected chi connectivity index (χ3v) is 4.64. The first-order chi connectivity index (χ1) is 9.99. The molecule has 21 heavy (non-hydrogen) atoms. The largest absolute Gasteiger partial charge is 0.294 e. The second-order valence-electron chi connectivity index (χ2n) is 4.96. The Morgan fingerprint density at radius 2 is 2.05 bits per heavy atom. The van der Waals surface area contributed by atoms with Crippen molar-refractivity contribution in [3.05, 3.63) is 58.1 Å². The summed E-state index contributed by atoms with van der Waals surface area (Å²) in [4.78, 5) is 4.49. The number of alkyl halides is 1. The summed E-state index contributed by atoms with van der Waals surface area (Å²) < 4.78 is 16.4. The molecule has 1 unspecified atom stereocenters. The van der Waals surface area contributed by atoms with Crippen molar-refractivity contribution in [3.63, 3.8) is 0 Å². The van der Waals surface area contributed by atoms with Gasteiger partial charge >= 0.3 is 0 Å². The van der Waals surface area contributed by atoms with Gasteiger partial charge < -0.3 is 0 Å². The molecule has 0 aliphatic carbocycles. The second-order valence-corrected chi connectivity index (χ2v) is 6.41. The quantitative estimate of drug-likeness (QED) is 0.544. The van der Waals surface area contributed by atoms with Gasteiger partial charge in [0.25, 0.3) is 0 Å². The highest BCUT2D eigenvalue weighted by Gasteiger charge is 2.18. The minimum atomic E-state index is -0.302. The number of fused-ring (bicyclic) bond motifs is 1. The van der Waals surface area contributed by atoms with Crippen LogP contribution < -0.4 is 0 Å². The molecule has 1 aromatic heterocycles. The molecule has 0 radical (unpaired) electrons. The van der Waals surface area contributed by atoms with Crippen molar-refractivity contribution >= 4 is 38.6 Å². The molecule has 0 aliphatic rings. The Balaban J connectivity index is 2.39. The first kappa shape index (κ1) is 14.5. The maximum atomic E-state index is 13.4. The van der Waals surface area contributed by atoms with Crippen LogP contribution in [-0.2, 0) is 0 Å². The monoisotopic (exact) mass is 366 g/mol. The summed E-state index contributed by atoms with van der Waals surface area (Å²) in [6.45, 7) is 3.88. The van der Waals surface area contributed by atoms with Crippen LogP contribution in [0.2, 0.25) is 0 Å². The highest BCUT2D eigenvalue weighted by Crippen LogP contribution is 2.33. The van der Waals surface area contributed by atoms with E-state index in [1.54, 1.807) is 6.07 Å². The Kier molecular flexibility index (Phi) is 3.76. The Morgan fingerprint density at radius 1 is 1.29 bits per heavy atom. The zero-order valence-corrected chi connectivity index (χ0v) is 13.9. The predicted molar refractivity (Wildman–Crippen MR) is 87.7 cm³/mol. The van der Waals surface area contributed by atoms with Gasteiger partial charge in [-0.15, -0.1) is 11.6 Å². The van der Waals surface area contributed by atoms with Gasteiger partial charge in [-0.05, 0) is 53.5 Å². The third kappa shape index (κ3) is 2.47. The molecule has 0 spiro atoms. The number of halogens is 3. The first-order valence-electron chi connectivity index (χ1n) is 6.56. The van der Waals surface area contributed by atoms with Crippen LogP contribution in [0.25, 0.3) is 16.7 Å². The first-order valence-corrected chi connectivity index (χ1v) is 7.79. The molecule has 1 atom stereocenters. The van der Waals surface area contributed by atoms with Crippen LogP contribution >= 0.6 is 27.5 Å². The fourth-order valence-electron chi connectivity index (χ4n) is 2.40. The number of imidazole rings is 1. The summed E-state index contributed by atoms with van der Waals surface area (Å²) in [6.07, 6.45) is 0. The van der Waals surface area contributed by atoms with Crippen LogP contribution in [0.15, 0.2) is 40.9 Å². The van der Waals surface area contributed by atoms with E-state index in [1.165, 1.54) is 12.1 Å². The molecular formula is C16H13BrClFN2. The number of hydrogen-bond donors (Lipinski definition) is 0. The number of nitrogens with zero attached hydrogens (tertiary/aromatic N) is 2. The fourth-order valence-corrected chi connectivity index (χ4v) is 2.98. The number of benzene rings is 2. The van der Waals surface area contributed by atoms with E-state index in [9.17, 15) is 4.39 Å². The fraction of sp³-hybridized carbons (Fsp3) is 0.188. The lowest BCUT2D eigenvalue weighted by molar-refractivity contribution is 0.629. The average molecular weight is 368 g/mol. The summed E-state index contributed by atoms with van der Waals surface area (Å²) in [6, 6.07) is 10.6. The van der Waals surface area contributed by atoms with Crippen LogP contribution in [-0.4, -0.2) is 9.55 Å². The van der Waals surface area contributed by atoms with Crippen LogP contribution in [0.5, 0.6) is 0 Å². The minimum Gasteiger partial charge on any atom is -0.294 e. The van der Waals surface area contributed by atoms with Gasteiger partial charge in [-0.25, -0.2) is 9.37 Å². The zero-order valence-electron chi connectivity index (χ0n) is 11.6. The lowest BCUT2D eigenvalue weighted by Gasteiger charge is -2.13. The normalized spacial score (nSPS) is 12.8. The summed E-state index contributed by atoms with van der Waals surface area (Å²) >= 11 is 9.89. The molecular weight excluding hydrogens is 355 g/mol. The van der Waals surface area contributed by atoms with Crippen molar-refractivity contribution in [2.75, 3.05) is 0 Å². The molecule has 0 amide bonds. The Labute approximate surface area is 135 Å². The van der Waals surface area contributed by atoms with Gasteiger partial charge in [0.2, 0.25) is 0 Å². The Bertz CT molecular complexity index is 827. The topological polar surface area (TPSA) is 17.8 Å². The van der Waals surface area contributed by atoms with Crippen LogP contribution in [0.3, 0.4) is 0 Å². The molecule has 1 heterocycles. The van der Waals surface area contributed by atoms with E-state index < -0.39 is 0 Å². The van der Waals surface area contributed by atoms with Gasteiger partial charge in [0.1, 0.15) is 11.6 Å². The third-order valence-electron chi connectivity index (χ3n) is 3.41. The number of hydrogen-bond acceptors (Lipinski definition) is 1. The number of rotatable bonds is 2. The standard InChI is InChI=1S/C16H13BrClFN2/c1-9-4-3-5-14(15(9)17)21-13-7-6-11(19)8-12(13)20-16(21)10(2)18/h3-8,10H,1-2H3. The van der Waals surface area contributed by atoms with Crippen molar-refractivity contribution < 1.29 is 4.39 Å². The molecule has 5 heteroatoms. The van der Waals surface area contributed by atoms with Gasteiger partial charge in [-0.1, -0.05) is 12.1 Å². The van der Waals surface area contributed by atoms with Gasteiger partial charge in [-0.2, -0.15) is 0 Å². The van der Waals surface area contributed by atoms with E-state index in [-0.39, 0.29) is 11.2 Å². The van der Waals surface area contributed by atoms with E-state index >= 15 is 0 Å². The molecule has 0 saturated heterocycles. The predicted octanol–water partition coefficient (Wildman–Crippen LogP) is 5.54. The van der Waals surface area contributed by atoms with E-state index in [0.29, 0.717) is 11.3 Å². The highest BCUT2D eigenvalue weighted by atomic mass is 79.9. The molecule has 0 saturated carbocycles. The smallest absolute Gasteiger partial charge is 0.132 e. The molecule has 2 aromatic carbocycles. The summed E-state index contributed by atoms with van der Waals surface area (Å²) in [5.41, 5.74) is 3.51. The average Bonchev–Trinajstić information content (AvgIpc) is 2.80. The number of aryl methyl sites for hydroxylation is 1. The highest BCUT2D eigenvalue weighted by molar-refractivity contribution is 9.10. The number of aromatic nitrogens is 2. The van der Waals surface area contributed by atoms with Crippen molar-refractivity contribution in [1.82, 2.24) is 9.55 Å². The molecule has 3 rings (SSSR count). The SMILES string of the molecule is Cc1cccc(-n2c(C(C)Cl)nc3cc(F)ccc32)c1Br. The van der Waals surface area contributed by atoms with Crippen molar-refractivity contribution in [3.8, 4) is 5.69 Å². The van der Waals surface area contributed by atoms with Gasteiger partial charge in [0, 0.05) is 10.5 Å². The van der Waals surface area contributed by atoms with Crippen molar-refractivity contribution in [2.24, 2.45) is 0 Å². The zero-order chi connectivity index (χ0) is 15.1.